The molecule has 3 rings (SSSR count). The van der Waals surface area contributed by atoms with Crippen LogP contribution in [0.3, 0.4) is 0 Å². The van der Waals surface area contributed by atoms with E-state index in [4.69, 9.17) is 4.74 Å². The number of carbonyl (C=O) groups is 2. The smallest absolute Gasteiger partial charge is 0.246 e. The highest BCUT2D eigenvalue weighted by molar-refractivity contribution is 9.10. The molecule has 0 radical (unpaired) electrons. The van der Waals surface area contributed by atoms with Gasteiger partial charge in [-0.2, -0.15) is 0 Å². The van der Waals surface area contributed by atoms with Crippen LogP contribution in [-0.4, -0.2) is 45.6 Å². The number of halogens is 1. The molecule has 0 aliphatic carbocycles. The van der Waals surface area contributed by atoms with Gasteiger partial charge in [-0.1, -0.05) is 28.1 Å². The number of fused-ring (bicyclic) bond motifs is 1. The second kappa shape index (κ2) is 10.9. The first kappa shape index (κ1) is 23.4. The van der Waals surface area contributed by atoms with E-state index in [2.05, 4.69) is 31.2 Å². The maximum Gasteiger partial charge on any atom is 0.246 e. The van der Waals surface area contributed by atoms with Crippen molar-refractivity contribution in [2.45, 2.75) is 33.7 Å². The molecular weight excluding hydrogens is 480 g/mol. The summed E-state index contributed by atoms with van der Waals surface area (Å²) in [6.45, 7) is 7.15. The summed E-state index contributed by atoms with van der Waals surface area (Å²) >= 11 is 4.56. The molecule has 0 fully saturated rings. The van der Waals surface area contributed by atoms with Crippen molar-refractivity contribution in [3.05, 3.63) is 62.5 Å². The Morgan fingerprint density at radius 3 is 2.94 bits per heavy atom. The van der Waals surface area contributed by atoms with E-state index in [1.54, 1.807) is 23.2 Å². The van der Waals surface area contributed by atoms with Gasteiger partial charge in [-0.3, -0.25) is 9.59 Å². The summed E-state index contributed by atoms with van der Waals surface area (Å²) in [5.41, 5.74) is 2.18. The van der Waals surface area contributed by atoms with Gasteiger partial charge in [0.15, 0.2) is 0 Å². The molecule has 1 aliphatic rings. The highest BCUT2D eigenvalue weighted by Gasteiger charge is 2.25. The second-order valence-corrected chi connectivity index (χ2v) is 8.96. The van der Waals surface area contributed by atoms with Crippen LogP contribution in [0.15, 0.2) is 45.5 Å². The van der Waals surface area contributed by atoms with Crippen LogP contribution in [0.2, 0.25) is 0 Å². The quantitative estimate of drug-likeness (QED) is 0.554. The lowest BCUT2D eigenvalue weighted by Crippen LogP contribution is -2.32. The molecule has 0 saturated carbocycles. The molecule has 2 aromatic rings. The molecule has 0 spiro atoms. The predicted molar refractivity (Wildman–Crippen MR) is 126 cm³/mol. The van der Waals surface area contributed by atoms with E-state index < -0.39 is 0 Å². The Kier molecular flexibility index (Phi) is 8.22. The van der Waals surface area contributed by atoms with Crippen molar-refractivity contribution in [3.8, 4) is 0 Å². The molecule has 1 aliphatic heterocycles. The van der Waals surface area contributed by atoms with Gasteiger partial charge in [-0.25, -0.2) is 9.97 Å². The maximum atomic E-state index is 12.9. The molecule has 9 heteroatoms. The van der Waals surface area contributed by atoms with Gasteiger partial charge < -0.3 is 15.0 Å². The number of hydrogen-bond acceptors (Lipinski definition) is 7. The van der Waals surface area contributed by atoms with Crippen molar-refractivity contribution < 1.29 is 14.3 Å². The van der Waals surface area contributed by atoms with Gasteiger partial charge in [0.25, 0.3) is 0 Å². The van der Waals surface area contributed by atoms with E-state index >= 15 is 0 Å². The number of aryl methyl sites for hydroxylation is 1. The van der Waals surface area contributed by atoms with Gasteiger partial charge in [-0.05, 0) is 44.7 Å². The topological polar surface area (TPSA) is 84.4 Å². The molecule has 2 heterocycles. The number of thioether (sulfide) groups is 1. The maximum absolute atomic E-state index is 12.9. The number of amides is 1. The zero-order valence-corrected chi connectivity index (χ0v) is 20.2. The van der Waals surface area contributed by atoms with E-state index in [-0.39, 0.29) is 17.6 Å². The van der Waals surface area contributed by atoms with E-state index in [1.807, 2.05) is 32.9 Å². The standard InChI is InChI=1S/C22H25BrN4O3S/c1-4-30-9-8-19(31-22(29)16-6-5-7-18(23)10-16)14(2)27-13-17-11-24-15(3)26-21(17)25-12-20(27)28/h5-7,10-11H,4,8-9,12-13H2,1-3H3,(H,24,25,26)/b19-14-. The van der Waals surface area contributed by atoms with E-state index in [9.17, 15) is 9.59 Å². The van der Waals surface area contributed by atoms with Crippen LogP contribution in [-0.2, 0) is 16.1 Å². The molecule has 0 atom stereocenters. The second-order valence-electron chi connectivity index (χ2n) is 6.98. The number of allylic oxidation sites excluding steroid dienone is 1. The fourth-order valence-corrected chi connectivity index (χ4v) is 4.45. The number of rotatable bonds is 7. The monoisotopic (exact) mass is 504 g/mol. The van der Waals surface area contributed by atoms with Gasteiger partial charge in [0.2, 0.25) is 11.0 Å². The summed E-state index contributed by atoms with van der Waals surface area (Å²) < 4.78 is 6.37. The SMILES string of the molecule is CCOCC/C(SC(=O)c1cccc(Br)c1)=C(\C)N1Cc2cnc(C)nc2NCC1=O. The first-order valence-electron chi connectivity index (χ1n) is 10.0. The van der Waals surface area contributed by atoms with E-state index in [0.717, 1.165) is 32.4 Å². The normalized spacial score (nSPS) is 14.5. The summed E-state index contributed by atoms with van der Waals surface area (Å²) in [6.07, 6.45) is 2.28. The highest BCUT2D eigenvalue weighted by Crippen LogP contribution is 2.31. The number of ether oxygens (including phenoxy) is 1. The lowest BCUT2D eigenvalue weighted by molar-refractivity contribution is -0.127. The predicted octanol–water partition coefficient (Wildman–Crippen LogP) is 4.53. The van der Waals surface area contributed by atoms with Crippen LogP contribution in [0.4, 0.5) is 5.82 Å². The minimum absolute atomic E-state index is 0.0769. The average molecular weight is 505 g/mol. The molecule has 0 unspecified atom stereocenters. The van der Waals surface area contributed by atoms with Crippen molar-refractivity contribution in [2.75, 3.05) is 25.1 Å². The minimum Gasteiger partial charge on any atom is -0.381 e. The van der Waals surface area contributed by atoms with Crippen LogP contribution in [0.25, 0.3) is 0 Å². The molecule has 1 aromatic heterocycles. The van der Waals surface area contributed by atoms with Crippen LogP contribution in [0, 0.1) is 6.92 Å². The van der Waals surface area contributed by atoms with Crippen LogP contribution in [0.5, 0.6) is 0 Å². The van der Waals surface area contributed by atoms with Crippen molar-refractivity contribution in [2.24, 2.45) is 0 Å². The fraction of sp³-hybridized carbons (Fsp3) is 0.364. The van der Waals surface area contributed by atoms with Crippen LogP contribution in [0.1, 0.15) is 42.0 Å². The molecular formula is C22H25BrN4O3S. The Balaban J connectivity index is 1.90. The third-order valence-corrected chi connectivity index (χ3v) is 6.44. The van der Waals surface area contributed by atoms with Crippen LogP contribution >= 0.6 is 27.7 Å². The minimum atomic E-state index is -0.0856. The lowest BCUT2D eigenvalue weighted by atomic mass is 10.2. The molecule has 1 aromatic carbocycles. The number of nitrogens with zero attached hydrogens (tertiary/aromatic N) is 3. The Bertz CT molecular complexity index is 1010. The molecule has 1 amide bonds. The first-order chi connectivity index (χ1) is 14.9. The van der Waals surface area contributed by atoms with E-state index in [1.165, 1.54) is 0 Å². The Hall–Kier alpha value is -2.23. The van der Waals surface area contributed by atoms with Crippen molar-refractivity contribution in [3.63, 3.8) is 0 Å². The van der Waals surface area contributed by atoms with Crippen LogP contribution < -0.4 is 5.32 Å². The highest BCUT2D eigenvalue weighted by atomic mass is 79.9. The van der Waals surface area contributed by atoms with Gasteiger partial charge >= 0.3 is 0 Å². The number of aromatic nitrogens is 2. The Morgan fingerprint density at radius 1 is 1.39 bits per heavy atom. The molecule has 164 valence electrons. The van der Waals surface area contributed by atoms with Crippen molar-refractivity contribution in [1.82, 2.24) is 14.9 Å². The van der Waals surface area contributed by atoms with E-state index in [0.29, 0.717) is 43.4 Å². The Labute approximate surface area is 194 Å². The molecule has 0 bridgehead atoms. The summed E-state index contributed by atoms with van der Waals surface area (Å²) in [7, 11) is 0. The summed E-state index contributed by atoms with van der Waals surface area (Å²) in [5.74, 6) is 1.23. The largest absolute Gasteiger partial charge is 0.381 e. The molecule has 7 nitrogen and oxygen atoms in total. The third-order valence-electron chi connectivity index (χ3n) is 4.78. The number of hydrogen-bond donors (Lipinski definition) is 1. The molecule has 31 heavy (non-hydrogen) atoms. The first-order valence-corrected chi connectivity index (χ1v) is 11.6. The number of carbonyl (C=O) groups excluding carboxylic acids is 2. The van der Waals surface area contributed by atoms with Gasteiger partial charge in [0.05, 0.1) is 19.7 Å². The summed E-state index contributed by atoms with van der Waals surface area (Å²) in [6, 6.07) is 7.29. The Morgan fingerprint density at radius 2 is 2.19 bits per heavy atom. The van der Waals surface area contributed by atoms with Crippen molar-refractivity contribution >= 4 is 44.5 Å². The number of anilines is 1. The molecule has 1 N–H and O–H groups in total. The average Bonchev–Trinajstić information content (AvgIpc) is 2.91. The van der Waals surface area contributed by atoms with Gasteiger partial charge in [0, 0.05) is 45.4 Å². The zero-order valence-electron chi connectivity index (χ0n) is 17.8. The number of nitrogens with one attached hydrogen (secondary N) is 1. The third kappa shape index (κ3) is 6.15. The zero-order chi connectivity index (χ0) is 22.4. The molecule has 0 saturated heterocycles. The number of benzene rings is 1. The van der Waals surface area contributed by atoms with Gasteiger partial charge in [0.1, 0.15) is 11.6 Å². The van der Waals surface area contributed by atoms with Crippen molar-refractivity contribution in [1.29, 1.82) is 0 Å². The van der Waals surface area contributed by atoms with Gasteiger partial charge in [-0.15, -0.1) is 0 Å². The fourth-order valence-electron chi connectivity index (χ4n) is 3.13. The summed E-state index contributed by atoms with van der Waals surface area (Å²) in [4.78, 5) is 37.0. The summed E-state index contributed by atoms with van der Waals surface area (Å²) in [5, 5.41) is 3.02. The lowest BCUT2D eigenvalue weighted by Gasteiger charge is -2.24.